The number of hydrogen-bond donors (Lipinski definition) is 0. The van der Waals surface area contributed by atoms with E-state index in [0.717, 1.165) is 98.2 Å². The molecule has 3 aliphatic rings. The second-order valence-corrected chi connectivity index (χ2v) is 19.3. The van der Waals surface area contributed by atoms with Crippen LogP contribution < -0.4 is 29.4 Å². The van der Waals surface area contributed by atoms with Crippen LogP contribution in [-0.2, 0) is 0 Å². The monoisotopic (exact) mass is 1010 g/mol. The van der Waals surface area contributed by atoms with Crippen LogP contribution in [0, 0.1) is 0 Å². The molecule has 0 radical (unpaired) electrons. The molecule has 0 saturated carbocycles. The van der Waals surface area contributed by atoms with Gasteiger partial charge in [0.05, 0.1) is 11.7 Å². The van der Waals surface area contributed by atoms with Gasteiger partial charge in [0.15, 0.2) is 0 Å². The molecule has 1 aromatic heterocycles. The summed E-state index contributed by atoms with van der Waals surface area (Å²) in [7, 11) is 0. The summed E-state index contributed by atoms with van der Waals surface area (Å²) in [4.78, 5) is 29.2. The molecule has 9 aromatic carbocycles. The molecule has 2 aliphatic carbocycles. The van der Waals surface area contributed by atoms with Gasteiger partial charge in [0.1, 0.15) is 6.33 Å². The van der Waals surface area contributed by atoms with E-state index in [1.807, 2.05) is 12.1 Å². The second kappa shape index (κ2) is 21.5. The Hall–Kier alpha value is -10.3. The smallest absolute Gasteiger partial charge is 0.239 e. The molecular weight excluding hydrogens is 955 g/mol. The van der Waals surface area contributed by atoms with Crippen LogP contribution >= 0.6 is 0 Å². The summed E-state index contributed by atoms with van der Waals surface area (Å²) in [6, 6.07) is 88.1. The molecule has 78 heavy (non-hydrogen) atoms. The molecule has 2 heterocycles. The summed E-state index contributed by atoms with van der Waals surface area (Å²) in [6.07, 6.45) is 17.7. The Morgan fingerprint density at radius 2 is 0.731 bits per heavy atom. The molecule has 0 saturated heterocycles. The first-order valence-electron chi connectivity index (χ1n) is 26.6. The Morgan fingerprint density at radius 3 is 1.21 bits per heavy atom. The highest BCUT2D eigenvalue weighted by Gasteiger charge is 2.29. The maximum atomic E-state index is 5.44. The van der Waals surface area contributed by atoms with Crippen molar-refractivity contribution in [1.29, 1.82) is 0 Å². The highest BCUT2D eigenvalue weighted by Crippen LogP contribution is 2.46. The predicted octanol–water partition coefficient (Wildman–Crippen LogP) is 18.2. The van der Waals surface area contributed by atoms with E-state index in [2.05, 4.69) is 302 Å². The molecule has 1 aliphatic heterocycles. The van der Waals surface area contributed by atoms with Crippen LogP contribution in [0.3, 0.4) is 0 Å². The minimum Gasteiger partial charge on any atom is -0.334 e. The maximum absolute atomic E-state index is 5.44. The van der Waals surface area contributed by atoms with Crippen molar-refractivity contribution < 1.29 is 0 Å². The van der Waals surface area contributed by atoms with Crippen LogP contribution in [0.25, 0.3) is 0 Å². The molecule has 0 amide bonds. The van der Waals surface area contributed by atoms with Crippen molar-refractivity contribution in [2.75, 3.05) is 29.4 Å². The molecule has 376 valence electrons. The molecule has 9 heteroatoms. The van der Waals surface area contributed by atoms with Gasteiger partial charge in [0.2, 0.25) is 11.9 Å². The third kappa shape index (κ3) is 9.57. The number of benzene rings is 9. The number of aromatic nitrogens is 3. The first-order chi connectivity index (χ1) is 38.7. The largest absolute Gasteiger partial charge is 0.334 e. The lowest BCUT2D eigenvalue weighted by Crippen LogP contribution is -2.34. The van der Waals surface area contributed by atoms with Crippen molar-refractivity contribution in [1.82, 2.24) is 15.0 Å². The van der Waals surface area contributed by atoms with Crippen LogP contribution in [0.1, 0.15) is 19.3 Å². The molecular formula is C69H55N9. The van der Waals surface area contributed by atoms with E-state index in [9.17, 15) is 0 Å². The zero-order chi connectivity index (χ0) is 52.0. The number of hydrogen-bond acceptors (Lipinski definition) is 9. The predicted molar refractivity (Wildman–Crippen MR) is 322 cm³/mol. The molecule has 9 nitrogen and oxygen atoms in total. The molecule has 1 unspecified atom stereocenters. The molecule has 1 atom stereocenters. The summed E-state index contributed by atoms with van der Waals surface area (Å²) in [5.74, 6) is 0.991. The highest BCUT2D eigenvalue weighted by molar-refractivity contribution is 5.87. The second-order valence-electron chi connectivity index (χ2n) is 19.3. The van der Waals surface area contributed by atoms with E-state index < -0.39 is 0 Å². The van der Waals surface area contributed by atoms with Gasteiger partial charge in [-0.2, -0.15) is 4.98 Å². The Kier molecular flexibility index (Phi) is 13.1. The zero-order valence-corrected chi connectivity index (χ0v) is 42.9. The van der Waals surface area contributed by atoms with Gasteiger partial charge in [0.25, 0.3) is 0 Å². The third-order valence-corrected chi connectivity index (χ3v) is 14.3. The molecule has 10 aromatic rings. The van der Waals surface area contributed by atoms with Crippen molar-refractivity contribution in [3.63, 3.8) is 0 Å². The van der Waals surface area contributed by atoms with Crippen molar-refractivity contribution >= 4 is 85.8 Å². The number of fused-ring (bicyclic) bond motifs is 12. The van der Waals surface area contributed by atoms with Crippen LogP contribution in [0.5, 0.6) is 0 Å². The standard InChI is InChI=1S/C69H55N9/c1-7-24-52(25-8-1)73-58-36-19-37-59(46-58)74(53-26-9-2-10-27-53)61-39-21-41-63(48-61)76(55-30-13-4-14-31-55)65-43-23-45-67(50-65)78(57-34-17-6-18-35-57)69-71-51-70-68(72-69)77(56-32-15-5-16-33-56)66-44-22-42-64(49-66)75(54-28-11-3-12-29-54)62-40-20-38-60(73)47-62/h1-3,5-13,15-48,50-51,64H,4,14,49H2. The van der Waals surface area contributed by atoms with Crippen molar-refractivity contribution in [3.8, 4) is 0 Å². The first kappa shape index (κ1) is 47.5. The van der Waals surface area contributed by atoms with Crippen LogP contribution in [-0.4, -0.2) is 21.0 Å². The van der Waals surface area contributed by atoms with E-state index >= 15 is 0 Å². The molecule has 0 N–H and O–H groups in total. The maximum Gasteiger partial charge on any atom is 0.239 e. The SMILES string of the molecule is C1=CC2CC(=C1)N(c1ccccc1)c1ncnc(n1)N(c1ccccc1)c1cccc(c1)N(C1=CCCC=C1)c1cccc(c1)N(c1ccccc1)c1cccc(c1)N(c1ccccc1)c1cccc(c1)N2c1ccccc1. The number of allylic oxidation sites excluding steroid dienone is 5. The highest BCUT2D eigenvalue weighted by atomic mass is 15.3. The Balaban J connectivity index is 1.06. The Morgan fingerprint density at radius 1 is 0.346 bits per heavy atom. The fourth-order valence-corrected chi connectivity index (χ4v) is 10.9. The summed E-state index contributed by atoms with van der Waals surface area (Å²) in [6.45, 7) is 0. The van der Waals surface area contributed by atoms with Gasteiger partial charge >= 0.3 is 0 Å². The first-order valence-corrected chi connectivity index (χ1v) is 26.6. The average Bonchev–Trinajstić information content (AvgIpc) is 3.51. The van der Waals surface area contributed by atoms with Gasteiger partial charge in [-0.1, -0.05) is 140 Å². The van der Waals surface area contributed by atoms with E-state index in [1.165, 1.54) is 0 Å². The lowest BCUT2D eigenvalue weighted by atomic mass is 10.0. The minimum absolute atomic E-state index is 0.106. The Labute approximate surface area is 456 Å². The quantitative estimate of drug-likeness (QED) is 0.162. The van der Waals surface area contributed by atoms with E-state index in [-0.39, 0.29) is 6.04 Å². The van der Waals surface area contributed by atoms with Gasteiger partial charge in [-0.25, -0.2) is 9.97 Å². The third-order valence-electron chi connectivity index (χ3n) is 14.3. The van der Waals surface area contributed by atoms with Crippen LogP contribution in [0.15, 0.2) is 303 Å². The summed E-state index contributed by atoms with van der Waals surface area (Å²) < 4.78 is 0. The summed E-state index contributed by atoms with van der Waals surface area (Å²) in [5.41, 5.74) is 15.2. The normalized spacial score (nSPS) is 15.3. The average molecular weight is 1010 g/mol. The van der Waals surface area contributed by atoms with Crippen molar-refractivity contribution in [3.05, 3.63) is 303 Å². The summed E-state index contributed by atoms with van der Waals surface area (Å²) in [5, 5.41) is 0. The van der Waals surface area contributed by atoms with Gasteiger partial charge < -0.3 is 19.6 Å². The van der Waals surface area contributed by atoms with E-state index in [4.69, 9.17) is 15.0 Å². The van der Waals surface area contributed by atoms with E-state index in [0.29, 0.717) is 18.3 Å². The Bertz CT molecular complexity index is 3830. The van der Waals surface area contributed by atoms with E-state index in [1.54, 1.807) is 6.33 Å². The number of nitrogens with zero attached hydrogens (tertiary/aromatic N) is 9. The summed E-state index contributed by atoms with van der Waals surface area (Å²) >= 11 is 0. The van der Waals surface area contributed by atoms with Gasteiger partial charge in [0, 0.05) is 86.1 Å². The molecule has 13 rings (SSSR count). The minimum atomic E-state index is -0.106. The van der Waals surface area contributed by atoms with Gasteiger partial charge in [-0.15, -0.1) is 0 Å². The molecule has 0 fully saturated rings. The molecule has 0 spiro atoms. The number of para-hydroxylation sites is 5. The fraction of sp³-hybridized carbons (Fsp3) is 0.0580. The lowest BCUT2D eigenvalue weighted by Gasteiger charge is -2.37. The van der Waals surface area contributed by atoms with Gasteiger partial charge in [-0.05, 0) is 158 Å². The zero-order valence-electron chi connectivity index (χ0n) is 42.9. The fourth-order valence-electron chi connectivity index (χ4n) is 10.9. The number of anilines is 15. The molecule has 12 bridgehead atoms. The van der Waals surface area contributed by atoms with Crippen LogP contribution in [0.2, 0.25) is 0 Å². The van der Waals surface area contributed by atoms with Gasteiger partial charge in [-0.3, -0.25) is 9.80 Å². The van der Waals surface area contributed by atoms with Crippen molar-refractivity contribution in [2.24, 2.45) is 0 Å². The van der Waals surface area contributed by atoms with Crippen LogP contribution in [0.4, 0.5) is 85.8 Å². The lowest BCUT2D eigenvalue weighted by molar-refractivity contribution is 0.739. The van der Waals surface area contributed by atoms with Crippen molar-refractivity contribution in [2.45, 2.75) is 25.3 Å². The number of rotatable bonds is 6. The topological polar surface area (TPSA) is 58.1 Å².